The number of rotatable bonds is 4. The third kappa shape index (κ3) is 3.22. The molecule has 27 heavy (non-hydrogen) atoms. The lowest BCUT2D eigenvalue weighted by Gasteiger charge is -2.58. The van der Waals surface area contributed by atoms with Gasteiger partial charge in [0, 0.05) is 12.2 Å². The Labute approximate surface area is 160 Å². The maximum Gasteiger partial charge on any atom is 0.258 e. The molecule has 146 valence electrons. The predicted molar refractivity (Wildman–Crippen MR) is 99.4 cm³/mol. The SMILES string of the molecule is Cc1ncc(C(=O)N[C@H]2C3CC4CC2C[C@@](O)(C4)C3)c(OC2CCCC2)n1. The van der Waals surface area contributed by atoms with Crippen LogP contribution in [-0.2, 0) is 0 Å². The first-order valence-corrected chi connectivity index (χ1v) is 10.5. The fourth-order valence-electron chi connectivity index (χ4n) is 6.31. The van der Waals surface area contributed by atoms with Gasteiger partial charge in [0.25, 0.3) is 5.91 Å². The summed E-state index contributed by atoms with van der Waals surface area (Å²) in [6.45, 7) is 1.82. The van der Waals surface area contributed by atoms with Gasteiger partial charge in [0.05, 0.1) is 5.60 Å². The number of aryl methyl sites for hydroxylation is 1. The van der Waals surface area contributed by atoms with Crippen molar-refractivity contribution in [1.29, 1.82) is 0 Å². The van der Waals surface area contributed by atoms with Gasteiger partial charge in [-0.1, -0.05) is 0 Å². The molecule has 5 fully saturated rings. The molecule has 1 heterocycles. The second-order valence-corrected chi connectivity index (χ2v) is 9.35. The summed E-state index contributed by atoms with van der Waals surface area (Å²) in [5.41, 5.74) is -0.0402. The van der Waals surface area contributed by atoms with Gasteiger partial charge in [0.15, 0.2) is 0 Å². The number of hydrogen-bond acceptors (Lipinski definition) is 5. The van der Waals surface area contributed by atoms with E-state index in [1.807, 2.05) is 6.92 Å². The molecule has 1 amide bonds. The first-order valence-electron chi connectivity index (χ1n) is 10.5. The monoisotopic (exact) mass is 371 g/mol. The summed E-state index contributed by atoms with van der Waals surface area (Å²) in [6.07, 6.45) is 11.0. The summed E-state index contributed by atoms with van der Waals surface area (Å²) in [6, 6.07) is 0.148. The zero-order chi connectivity index (χ0) is 18.6. The summed E-state index contributed by atoms with van der Waals surface area (Å²) >= 11 is 0. The second kappa shape index (κ2) is 6.43. The summed E-state index contributed by atoms with van der Waals surface area (Å²) in [5, 5.41) is 14.0. The van der Waals surface area contributed by atoms with Gasteiger partial charge in [-0.25, -0.2) is 4.98 Å². The Bertz CT molecular complexity index is 730. The number of carbonyl (C=O) groups is 1. The minimum absolute atomic E-state index is 0.132. The van der Waals surface area contributed by atoms with Crippen LogP contribution in [0.3, 0.4) is 0 Å². The van der Waals surface area contributed by atoms with Crippen molar-refractivity contribution in [3.63, 3.8) is 0 Å². The number of aliphatic hydroxyl groups is 1. The van der Waals surface area contributed by atoms with Crippen molar-refractivity contribution >= 4 is 5.91 Å². The molecule has 2 unspecified atom stereocenters. The molecule has 2 atom stereocenters. The van der Waals surface area contributed by atoms with Gasteiger partial charge in [-0.3, -0.25) is 4.79 Å². The molecule has 0 spiro atoms. The van der Waals surface area contributed by atoms with E-state index in [1.165, 1.54) is 12.8 Å². The van der Waals surface area contributed by atoms with Crippen LogP contribution < -0.4 is 10.1 Å². The number of amides is 1. The van der Waals surface area contributed by atoms with Crippen molar-refractivity contribution in [3.05, 3.63) is 17.6 Å². The van der Waals surface area contributed by atoms with Gasteiger partial charge in [-0.2, -0.15) is 4.98 Å². The Kier molecular flexibility index (Phi) is 4.15. The van der Waals surface area contributed by atoms with E-state index in [9.17, 15) is 9.90 Å². The third-order valence-corrected chi connectivity index (χ3v) is 7.24. The van der Waals surface area contributed by atoms with Gasteiger partial charge in [0.1, 0.15) is 17.5 Å². The molecular formula is C21H29N3O3. The van der Waals surface area contributed by atoms with Gasteiger partial charge < -0.3 is 15.2 Å². The van der Waals surface area contributed by atoms with Crippen LogP contribution in [0.25, 0.3) is 0 Å². The highest BCUT2D eigenvalue weighted by Crippen LogP contribution is 2.55. The number of nitrogens with one attached hydrogen (secondary N) is 1. The molecule has 6 rings (SSSR count). The molecule has 4 bridgehead atoms. The average molecular weight is 371 g/mol. The molecule has 5 aliphatic carbocycles. The van der Waals surface area contributed by atoms with Crippen molar-refractivity contribution in [2.24, 2.45) is 17.8 Å². The maximum atomic E-state index is 13.1. The molecule has 5 aliphatic rings. The summed E-state index contributed by atoms with van der Waals surface area (Å²) in [4.78, 5) is 21.7. The summed E-state index contributed by atoms with van der Waals surface area (Å²) in [7, 11) is 0. The highest BCUT2D eigenvalue weighted by Gasteiger charge is 2.55. The van der Waals surface area contributed by atoms with Crippen LogP contribution in [-0.4, -0.2) is 38.7 Å². The molecule has 1 aromatic heterocycles. The molecule has 6 heteroatoms. The Balaban J connectivity index is 1.34. The topological polar surface area (TPSA) is 84.3 Å². The molecule has 2 N–H and O–H groups in total. The van der Waals surface area contributed by atoms with E-state index >= 15 is 0 Å². The van der Waals surface area contributed by atoms with E-state index in [2.05, 4.69) is 15.3 Å². The number of carbonyl (C=O) groups excluding carboxylic acids is 1. The van der Waals surface area contributed by atoms with Crippen LogP contribution in [0.2, 0.25) is 0 Å². The molecule has 6 nitrogen and oxygen atoms in total. The van der Waals surface area contributed by atoms with E-state index < -0.39 is 5.60 Å². The molecule has 0 aliphatic heterocycles. The molecule has 5 saturated carbocycles. The largest absolute Gasteiger partial charge is 0.474 e. The minimum Gasteiger partial charge on any atom is -0.474 e. The molecule has 0 radical (unpaired) electrons. The third-order valence-electron chi connectivity index (χ3n) is 7.24. The zero-order valence-corrected chi connectivity index (χ0v) is 16.0. The molecule has 1 aromatic rings. The highest BCUT2D eigenvalue weighted by atomic mass is 16.5. The lowest BCUT2D eigenvalue weighted by molar-refractivity contribution is -0.136. The summed E-state index contributed by atoms with van der Waals surface area (Å²) in [5.74, 6) is 2.31. The van der Waals surface area contributed by atoms with Crippen molar-refractivity contribution < 1.29 is 14.6 Å². The molecule has 0 saturated heterocycles. The minimum atomic E-state index is -0.485. The van der Waals surface area contributed by atoms with Crippen LogP contribution in [0.5, 0.6) is 5.88 Å². The number of nitrogens with zero attached hydrogens (tertiary/aromatic N) is 2. The number of aromatic nitrogens is 2. The quantitative estimate of drug-likeness (QED) is 0.850. The smallest absolute Gasteiger partial charge is 0.258 e. The van der Waals surface area contributed by atoms with Crippen molar-refractivity contribution in [1.82, 2.24) is 15.3 Å². The normalized spacial score (nSPS) is 37.6. The van der Waals surface area contributed by atoms with Gasteiger partial charge in [0.2, 0.25) is 5.88 Å². The van der Waals surface area contributed by atoms with E-state index in [1.54, 1.807) is 6.20 Å². The predicted octanol–water partition coefficient (Wildman–Crippen LogP) is 2.78. The van der Waals surface area contributed by atoms with Crippen molar-refractivity contribution in [2.75, 3.05) is 0 Å². The van der Waals surface area contributed by atoms with Crippen LogP contribution in [0, 0.1) is 24.7 Å². The summed E-state index contributed by atoms with van der Waals surface area (Å²) < 4.78 is 6.08. The number of hydrogen-bond donors (Lipinski definition) is 2. The van der Waals surface area contributed by atoms with Crippen molar-refractivity contribution in [2.45, 2.75) is 82.5 Å². The Morgan fingerprint density at radius 3 is 2.59 bits per heavy atom. The Hall–Kier alpha value is -1.69. The van der Waals surface area contributed by atoms with Gasteiger partial charge >= 0.3 is 0 Å². The molecular weight excluding hydrogens is 342 g/mol. The Morgan fingerprint density at radius 1 is 1.22 bits per heavy atom. The maximum absolute atomic E-state index is 13.1. The van der Waals surface area contributed by atoms with Crippen LogP contribution in [0.1, 0.15) is 74.0 Å². The average Bonchev–Trinajstić information content (AvgIpc) is 3.09. The standard InChI is InChI=1S/C21H29N3O3/c1-12-22-11-17(20(23-12)27-16-4-2-3-5-16)19(25)24-18-14-6-13-7-15(18)10-21(26,8-13)9-14/h11,13-16,18,26H,2-10H2,1H3,(H,24,25)/t13?,14?,15?,18-,21+. The molecule has 0 aromatic carbocycles. The fraction of sp³-hybridized carbons (Fsp3) is 0.762. The first kappa shape index (κ1) is 17.4. The first-order chi connectivity index (χ1) is 13.0. The zero-order valence-electron chi connectivity index (χ0n) is 16.0. The lowest BCUT2D eigenvalue weighted by Crippen LogP contribution is -2.61. The number of ether oxygens (including phenoxy) is 1. The van der Waals surface area contributed by atoms with E-state index in [4.69, 9.17) is 4.74 Å². The van der Waals surface area contributed by atoms with E-state index in [0.29, 0.717) is 35.0 Å². The van der Waals surface area contributed by atoms with E-state index in [0.717, 1.165) is 44.9 Å². The van der Waals surface area contributed by atoms with Crippen LogP contribution >= 0.6 is 0 Å². The second-order valence-electron chi connectivity index (χ2n) is 9.35. The van der Waals surface area contributed by atoms with Gasteiger partial charge in [-0.15, -0.1) is 0 Å². The lowest BCUT2D eigenvalue weighted by atomic mass is 9.52. The van der Waals surface area contributed by atoms with Gasteiger partial charge in [-0.05, 0) is 82.5 Å². The Morgan fingerprint density at radius 2 is 1.93 bits per heavy atom. The van der Waals surface area contributed by atoms with Crippen LogP contribution in [0.4, 0.5) is 0 Å². The van der Waals surface area contributed by atoms with Crippen LogP contribution in [0.15, 0.2) is 6.20 Å². The van der Waals surface area contributed by atoms with Crippen molar-refractivity contribution in [3.8, 4) is 5.88 Å². The highest BCUT2D eigenvalue weighted by molar-refractivity contribution is 5.96. The van der Waals surface area contributed by atoms with E-state index in [-0.39, 0.29) is 18.1 Å². The fourth-order valence-corrected chi connectivity index (χ4v) is 6.31.